The van der Waals surface area contributed by atoms with Crippen molar-refractivity contribution in [2.75, 3.05) is 7.11 Å². The van der Waals surface area contributed by atoms with E-state index in [1.165, 1.54) is 11.1 Å². The van der Waals surface area contributed by atoms with Crippen molar-refractivity contribution >= 4 is 0 Å². The first-order valence-electron chi connectivity index (χ1n) is 8.22. The van der Waals surface area contributed by atoms with Crippen LogP contribution in [0.1, 0.15) is 42.9 Å². The molecule has 2 unspecified atom stereocenters. The summed E-state index contributed by atoms with van der Waals surface area (Å²) in [6.45, 7) is 5.51. The van der Waals surface area contributed by atoms with Gasteiger partial charge in [0.2, 0.25) is 0 Å². The van der Waals surface area contributed by atoms with Gasteiger partial charge in [0.25, 0.3) is 0 Å². The molecule has 3 rings (SSSR count). The van der Waals surface area contributed by atoms with Gasteiger partial charge in [0.15, 0.2) is 11.5 Å². The highest BCUT2D eigenvalue weighted by Crippen LogP contribution is 2.40. The summed E-state index contributed by atoms with van der Waals surface area (Å²) in [6.07, 6.45) is 1.30. The zero-order valence-electron chi connectivity index (χ0n) is 14.0. The largest absolute Gasteiger partial charge is 0.493 e. The van der Waals surface area contributed by atoms with E-state index in [1.807, 2.05) is 18.2 Å². The van der Waals surface area contributed by atoms with E-state index in [1.54, 1.807) is 7.11 Å². The minimum absolute atomic E-state index is 0.244. The van der Waals surface area contributed by atoms with Gasteiger partial charge in [0, 0.05) is 5.92 Å². The predicted octanol–water partition coefficient (Wildman–Crippen LogP) is 4.69. The third-order valence-electron chi connectivity index (χ3n) is 4.57. The third kappa shape index (κ3) is 3.35. The summed E-state index contributed by atoms with van der Waals surface area (Å²) in [5, 5.41) is 0. The van der Waals surface area contributed by atoms with E-state index in [4.69, 9.17) is 14.2 Å². The Morgan fingerprint density at radius 1 is 1.13 bits per heavy atom. The first kappa shape index (κ1) is 15.9. The van der Waals surface area contributed by atoms with E-state index < -0.39 is 0 Å². The minimum atomic E-state index is 0.244. The minimum Gasteiger partial charge on any atom is -0.493 e. The monoisotopic (exact) mass is 312 g/mol. The molecule has 0 fully saturated rings. The summed E-state index contributed by atoms with van der Waals surface area (Å²) < 4.78 is 17.5. The maximum absolute atomic E-state index is 6.00. The zero-order chi connectivity index (χ0) is 16.2. The second-order valence-corrected chi connectivity index (χ2v) is 6.01. The number of fused-ring (bicyclic) bond motifs is 1. The van der Waals surface area contributed by atoms with Gasteiger partial charge in [-0.2, -0.15) is 0 Å². The fourth-order valence-corrected chi connectivity index (χ4v) is 3.24. The number of benzene rings is 2. The van der Waals surface area contributed by atoms with Crippen molar-refractivity contribution in [1.82, 2.24) is 0 Å². The molecule has 3 heteroatoms. The third-order valence-corrected chi connectivity index (χ3v) is 4.57. The number of rotatable bonds is 5. The molecule has 0 bridgehead atoms. The Labute approximate surface area is 138 Å². The van der Waals surface area contributed by atoms with Crippen molar-refractivity contribution in [1.29, 1.82) is 0 Å². The normalized spacial score (nSPS) is 20.0. The Morgan fingerprint density at radius 2 is 1.91 bits per heavy atom. The summed E-state index contributed by atoms with van der Waals surface area (Å²) in [4.78, 5) is 0. The van der Waals surface area contributed by atoms with Crippen LogP contribution in [0, 0.1) is 0 Å². The molecule has 0 radical (unpaired) electrons. The van der Waals surface area contributed by atoms with Crippen molar-refractivity contribution in [3.63, 3.8) is 0 Å². The fourth-order valence-electron chi connectivity index (χ4n) is 3.24. The molecule has 0 aliphatic carbocycles. The predicted molar refractivity (Wildman–Crippen MR) is 91.1 cm³/mol. The second kappa shape index (κ2) is 7.05. The SMILES string of the molecule is CCC1c2cc(OC)c(OCc3ccccc3)cc2COC1C. The van der Waals surface area contributed by atoms with E-state index in [0.29, 0.717) is 19.1 Å². The van der Waals surface area contributed by atoms with Gasteiger partial charge in [-0.25, -0.2) is 0 Å². The highest BCUT2D eigenvalue weighted by molar-refractivity contribution is 5.49. The van der Waals surface area contributed by atoms with Crippen LogP contribution in [0.5, 0.6) is 11.5 Å². The number of methoxy groups -OCH3 is 1. The van der Waals surface area contributed by atoms with E-state index >= 15 is 0 Å². The van der Waals surface area contributed by atoms with Crippen LogP contribution < -0.4 is 9.47 Å². The molecule has 1 aliphatic heterocycles. The lowest BCUT2D eigenvalue weighted by atomic mass is 9.86. The molecular formula is C20H24O3. The van der Waals surface area contributed by atoms with Crippen molar-refractivity contribution in [2.45, 2.75) is 45.5 Å². The molecule has 2 aromatic carbocycles. The number of hydrogen-bond donors (Lipinski definition) is 0. The summed E-state index contributed by atoms with van der Waals surface area (Å²) in [5.41, 5.74) is 3.68. The highest BCUT2D eigenvalue weighted by Gasteiger charge is 2.27. The van der Waals surface area contributed by atoms with Crippen molar-refractivity contribution in [3.05, 3.63) is 59.2 Å². The first-order chi connectivity index (χ1) is 11.2. The summed E-state index contributed by atoms with van der Waals surface area (Å²) in [7, 11) is 1.70. The van der Waals surface area contributed by atoms with Crippen LogP contribution in [0.15, 0.2) is 42.5 Å². The van der Waals surface area contributed by atoms with Crippen LogP contribution in [0.3, 0.4) is 0 Å². The molecule has 0 saturated heterocycles. The van der Waals surface area contributed by atoms with Crippen LogP contribution in [0.25, 0.3) is 0 Å². The quantitative estimate of drug-likeness (QED) is 0.802. The smallest absolute Gasteiger partial charge is 0.162 e. The Bertz CT molecular complexity index is 651. The van der Waals surface area contributed by atoms with Crippen LogP contribution in [0.2, 0.25) is 0 Å². The molecular weight excluding hydrogens is 288 g/mol. The number of hydrogen-bond acceptors (Lipinski definition) is 3. The summed E-state index contributed by atoms with van der Waals surface area (Å²) >= 11 is 0. The number of ether oxygens (including phenoxy) is 3. The van der Waals surface area contributed by atoms with Crippen molar-refractivity contribution in [3.8, 4) is 11.5 Å². The molecule has 3 nitrogen and oxygen atoms in total. The van der Waals surface area contributed by atoms with E-state index in [-0.39, 0.29) is 6.10 Å². The molecule has 1 aliphatic rings. The van der Waals surface area contributed by atoms with Crippen LogP contribution in [-0.2, 0) is 18.0 Å². The van der Waals surface area contributed by atoms with Crippen LogP contribution >= 0.6 is 0 Å². The molecule has 2 atom stereocenters. The Morgan fingerprint density at radius 3 is 2.61 bits per heavy atom. The molecule has 1 heterocycles. The van der Waals surface area contributed by atoms with E-state index in [2.05, 4.69) is 38.1 Å². The standard InChI is InChI=1S/C20H24O3/c1-4-17-14(2)22-13-16-10-20(19(21-3)11-18(16)17)23-12-15-8-6-5-7-9-15/h5-11,14,17H,4,12-13H2,1-3H3. The first-order valence-corrected chi connectivity index (χ1v) is 8.22. The fraction of sp³-hybridized carbons (Fsp3) is 0.400. The van der Waals surface area contributed by atoms with Gasteiger partial charge in [-0.1, -0.05) is 37.3 Å². The molecule has 2 aromatic rings. The molecule has 0 spiro atoms. The van der Waals surface area contributed by atoms with E-state index in [9.17, 15) is 0 Å². The Balaban J connectivity index is 1.86. The van der Waals surface area contributed by atoms with Crippen LogP contribution in [-0.4, -0.2) is 13.2 Å². The van der Waals surface area contributed by atoms with Crippen molar-refractivity contribution < 1.29 is 14.2 Å². The summed E-state index contributed by atoms with van der Waals surface area (Å²) in [5.74, 6) is 1.99. The van der Waals surface area contributed by atoms with Gasteiger partial charge in [-0.15, -0.1) is 0 Å². The van der Waals surface area contributed by atoms with Gasteiger partial charge in [0.05, 0.1) is 19.8 Å². The van der Waals surface area contributed by atoms with Gasteiger partial charge < -0.3 is 14.2 Å². The average molecular weight is 312 g/mol. The maximum atomic E-state index is 6.00. The van der Waals surface area contributed by atoms with Gasteiger partial charge in [-0.05, 0) is 42.2 Å². The maximum Gasteiger partial charge on any atom is 0.162 e. The van der Waals surface area contributed by atoms with Gasteiger partial charge in [-0.3, -0.25) is 0 Å². The summed E-state index contributed by atoms with van der Waals surface area (Å²) in [6, 6.07) is 14.4. The molecule has 122 valence electrons. The molecule has 0 aromatic heterocycles. The molecule has 23 heavy (non-hydrogen) atoms. The highest BCUT2D eigenvalue weighted by atomic mass is 16.5. The second-order valence-electron chi connectivity index (χ2n) is 6.01. The van der Waals surface area contributed by atoms with Crippen molar-refractivity contribution in [2.24, 2.45) is 0 Å². The van der Waals surface area contributed by atoms with Crippen LogP contribution in [0.4, 0.5) is 0 Å². The lowest BCUT2D eigenvalue weighted by Gasteiger charge is -2.31. The zero-order valence-corrected chi connectivity index (χ0v) is 14.0. The van der Waals surface area contributed by atoms with Gasteiger partial charge in [0.1, 0.15) is 6.61 Å². The topological polar surface area (TPSA) is 27.7 Å². The average Bonchev–Trinajstić information content (AvgIpc) is 2.60. The van der Waals surface area contributed by atoms with Gasteiger partial charge >= 0.3 is 0 Å². The lowest BCUT2D eigenvalue weighted by molar-refractivity contribution is 0.0188. The molecule has 0 N–H and O–H groups in total. The molecule has 0 amide bonds. The molecule has 0 saturated carbocycles. The lowest BCUT2D eigenvalue weighted by Crippen LogP contribution is -2.25. The Kier molecular flexibility index (Phi) is 4.87. The Hall–Kier alpha value is -2.00. The van der Waals surface area contributed by atoms with E-state index in [0.717, 1.165) is 23.5 Å².